The lowest BCUT2D eigenvalue weighted by molar-refractivity contribution is -0.121. The van der Waals surface area contributed by atoms with Gasteiger partial charge >= 0.3 is 6.03 Å². The van der Waals surface area contributed by atoms with E-state index in [2.05, 4.69) is 0 Å². The maximum atomic E-state index is 11.4. The van der Waals surface area contributed by atoms with E-state index in [1.807, 2.05) is 0 Å². The second kappa shape index (κ2) is 2.70. The Bertz CT molecular complexity index is 266. The van der Waals surface area contributed by atoms with E-state index in [-0.39, 0.29) is 17.9 Å². The van der Waals surface area contributed by atoms with Crippen LogP contribution in [0.1, 0.15) is 19.8 Å². The van der Waals surface area contributed by atoms with Gasteiger partial charge in [-0.1, -0.05) is 0 Å². The highest BCUT2D eigenvalue weighted by Crippen LogP contribution is 2.28. The SMILES string of the molecule is CC(=O)C1CCC2CN1C(=O)N2O. The third-order valence-electron chi connectivity index (χ3n) is 2.81. The number of carbonyl (C=O) groups excluding carboxylic acids is 2. The van der Waals surface area contributed by atoms with Crippen molar-refractivity contribution in [2.45, 2.75) is 31.8 Å². The highest BCUT2D eigenvalue weighted by Gasteiger charge is 2.45. The van der Waals surface area contributed by atoms with Crippen LogP contribution in [0, 0.1) is 0 Å². The zero-order valence-corrected chi connectivity index (χ0v) is 7.43. The third-order valence-corrected chi connectivity index (χ3v) is 2.81. The average molecular weight is 184 g/mol. The number of fused-ring (bicyclic) bond motifs is 2. The summed E-state index contributed by atoms with van der Waals surface area (Å²) in [6.45, 7) is 1.97. The molecule has 0 saturated carbocycles. The number of amides is 2. The lowest BCUT2D eigenvalue weighted by Gasteiger charge is -2.27. The molecule has 0 aromatic heterocycles. The van der Waals surface area contributed by atoms with E-state index in [1.165, 1.54) is 11.8 Å². The van der Waals surface area contributed by atoms with Crippen molar-refractivity contribution in [3.63, 3.8) is 0 Å². The van der Waals surface area contributed by atoms with Crippen molar-refractivity contribution >= 4 is 11.8 Å². The number of rotatable bonds is 1. The molecule has 2 aliphatic heterocycles. The Hall–Kier alpha value is -1.10. The number of nitrogens with zero attached hydrogens (tertiary/aromatic N) is 2. The molecule has 2 amide bonds. The molecule has 2 heterocycles. The first-order valence-corrected chi connectivity index (χ1v) is 4.40. The van der Waals surface area contributed by atoms with Crippen LogP contribution in [-0.2, 0) is 4.79 Å². The molecule has 5 heteroatoms. The van der Waals surface area contributed by atoms with Gasteiger partial charge in [-0.15, -0.1) is 0 Å². The van der Waals surface area contributed by atoms with Gasteiger partial charge in [0.15, 0.2) is 5.78 Å². The van der Waals surface area contributed by atoms with E-state index < -0.39 is 6.03 Å². The summed E-state index contributed by atoms with van der Waals surface area (Å²) in [6.07, 6.45) is 1.38. The van der Waals surface area contributed by atoms with Gasteiger partial charge in [-0.25, -0.2) is 9.86 Å². The van der Waals surface area contributed by atoms with Gasteiger partial charge < -0.3 is 4.90 Å². The number of Topliss-reactive ketones (excluding diaryl/α,β-unsaturated/α-hetero) is 1. The molecule has 0 radical (unpaired) electrons. The topological polar surface area (TPSA) is 60.9 Å². The second-order valence-corrected chi connectivity index (χ2v) is 3.64. The van der Waals surface area contributed by atoms with E-state index in [1.54, 1.807) is 0 Å². The average Bonchev–Trinajstić information content (AvgIpc) is 2.32. The summed E-state index contributed by atoms with van der Waals surface area (Å²) < 4.78 is 0. The summed E-state index contributed by atoms with van der Waals surface area (Å²) in [6, 6.07) is -0.855. The fraction of sp³-hybridized carbons (Fsp3) is 0.750. The maximum Gasteiger partial charge on any atom is 0.344 e. The van der Waals surface area contributed by atoms with Crippen LogP contribution in [-0.4, -0.2) is 45.6 Å². The molecule has 1 N–H and O–H groups in total. The van der Waals surface area contributed by atoms with Crippen molar-refractivity contribution in [1.29, 1.82) is 0 Å². The van der Waals surface area contributed by atoms with E-state index >= 15 is 0 Å². The zero-order chi connectivity index (χ0) is 9.59. The van der Waals surface area contributed by atoms with Crippen LogP contribution in [0.5, 0.6) is 0 Å². The number of piperidine rings is 1. The normalized spacial score (nSPS) is 32.6. The van der Waals surface area contributed by atoms with Crippen LogP contribution in [0.2, 0.25) is 0 Å². The van der Waals surface area contributed by atoms with Gasteiger partial charge in [0.2, 0.25) is 0 Å². The van der Waals surface area contributed by atoms with Gasteiger partial charge in [0.1, 0.15) is 0 Å². The summed E-state index contributed by atoms with van der Waals surface area (Å²) in [5.41, 5.74) is 0. The van der Waals surface area contributed by atoms with Crippen molar-refractivity contribution in [2.24, 2.45) is 0 Å². The Morgan fingerprint density at radius 1 is 1.54 bits per heavy atom. The van der Waals surface area contributed by atoms with E-state index in [0.29, 0.717) is 19.4 Å². The molecule has 2 saturated heterocycles. The third kappa shape index (κ3) is 1.11. The van der Waals surface area contributed by atoms with E-state index in [0.717, 1.165) is 5.06 Å². The molecule has 2 rings (SSSR count). The van der Waals surface area contributed by atoms with Crippen LogP contribution in [0.3, 0.4) is 0 Å². The zero-order valence-electron chi connectivity index (χ0n) is 7.43. The Morgan fingerprint density at radius 3 is 2.85 bits per heavy atom. The molecule has 2 fully saturated rings. The fourth-order valence-electron chi connectivity index (χ4n) is 2.07. The van der Waals surface area contributed by atoms with Gasteiger partial charge in [-0.3, -0.25) is 10.0 Å². The Labute approximate surface area is 75.9 Å². The first kappa shape index (κ1) is 8.50. The monoisotopic (exact) mass is 184 g/mol. The van der Waals surface area contributed by atoms with Crippen LogP contribution < -0.4 is 0 Å². The van der Waals surface area contributed by atoms with Crippen LogP contribution in [0.15, 0.2) is 0 Å². The summed E-state index contributed by atoms with van der Waals surface area (Å²) in [5, 5.41) is 10.1. The van der Waals surface area contributed by atoms with Crippen LogP contribution >= 0.6 is 0 Å². The number of hydrogen-bond acceptors (Lipinski definition) is 3. The largest absolute Gasteiger partial charge is 0.344 e. The molecule has 5 nitrogen and oxygen atoms in total. The summed E-state index contributed by atoms with van der Waals surface area (Å²) in [5.74, 6) is 0.00194. The minimum absolute atomic E-state index is 0.00194. The predicted molar refractivity (Wildman–Crippen MR) is 43.2 cm³/mol. The first-order chi connectivity index (χ1) is 6.11. The second-order valence-electron chi connectivity index (χ2n) is 3.64. The predicted octanol–water partition coefficient (Wildman–Crippen LogP) is 0.233. The lowest BCUT2D eigenvalue weighted by Crippen LogP contribution is -2.44. The van der Waals surface area contributed by atoms with Crippen LogP contribution in [0.25, 0.3) is 0 Å². The summed E-state index contributed by atoms with van der Waals surface area (Å²) >= 11 is 0. The fourth-order valence-corrected chi connectivity index (χ4v) is 2.07. The van der Waals surface area contributed by atoms with Crippen molar-refractivity contribution in [3.8, 4) is 0 Å². The molecule has 2 aliphatic rings. The first-order valence-electron chi connectivity index (χ1n) is 4.40. The van der Waals surface area contributed by atoms with Gasteiger partial charge in [0, 0.05) is 6.54 Å². The van der Waals surface area contributed by atoms with E-state index in [9.17, 15) is 14.8 Å². The van der Waals surface area contributed by atoms with Crippen molar-refractivity contribution in [3.05, 3.63) is 0 Å². The summed E-state index contributed by atoms with van der Waals surface area (Å²) in [4.78, 5) is 24.0. The molecule has 2 unspecified atom stereocenters. The number of ketones is 1. The Balaban J connectivity index is 2.22. The molecule has 0 aromatic carbocycles. The summed E-state index contributed by atoms with van der Waals surface area (Å²) in [7, 11) is 0. The minimum atomic E-state index is -0.428. The molecule has 13 heavy (non-hydrogen) atoms. The van der Waals surface area contributed by atoms with E-state index in [4.69, 9.17) is 0 Å². The molecule has 0 spiro atoms. The Kier molecular flexibility index (Phi) is 1.76. The molecule has 2 bridgehead atoms. The molecule has 0 aliphatic carbocycles. The smallest absolute Gasteiger partial charge is 0.311 e. The molecule has 72 valence electrons. The van der Waals surface area contributed by atoms with Gasteiger partial charge in [-0.05, 0) is 19.8 Å². The van der Waals surface area contributed by atoms with Gasteiger partial charge in [-0.2, -0.15) is 0 Å². The molecular weight excluding hydrogens is 172 g/mol. The number of hydrogen-bond donors (Lipinski definition) is 1. The Morgan fingerprint density at radius 2 is 2.23 bits per heavy atom. The number of carbonyl (C=O) groups is 2. The number of urea groups is 1. The molecule has 0 aromatic rings. The van der Waals surface area contributed by atoms with Crippen molar-refractivity contribution in [1.82, 2.24) is 9.96 Å². The van der Waals surface area contributed by atoms with Crippen molar-refractivity contribution < 1.29 is 14.8 Å². The van der Waals surface area contributed by atoms with Crippen LogP contribution in [0.4, 0.5) is 4.79 Å². The minimum Gasteiger partial charge on any atom is -0.311 e. The quantitative estimate of drug-likeness (QED) is 0.593. The highest BCUT2D eigenvalue weighted by molar-refractivity contribution is 5.88. The maximum absolute atomic E-state index is 11.4. The standard InChI is InChI=1S/C8H12N2O3/c1-5(11)7-3-2-6-4-9(7)8(12)10(6)13/h6-7,13H,2-4H2,1H3. The highest BCUT2D eigenvalue weighted by atomic mass is 16.5. The van der Waals surface area contributed by atoms with Crippen molar-refractivity contribution in [2.75, 3.05) is 6.54 Å². The molecular formula is C8H12N2O3. The van der Waals surface area contributed by atoms with Gasteiger partial charge in [0.05, 0.1) is 12.1 Å². The van der Waals surface area contributed by atoms with Gasteiger partial charge in [0.25, 0.3) is 0 Å². The number of hydroxylamine groups is 2. The molecule has 2 atom stereocenters. The lowest BCUT2D eigenvalue weighted by atomic mass is 9.98.